The number of rotatable bonds is 9. The van der Waals surface area contributed by atoms with Crippen LogP contribution in [0.1, 0.15) is 69.1 Å². The lowest BCUT2D eigenvalue weighted by Gasteiger charge is -2.06. The number of halogens is 2. The number of hydrogen-bond acceptors (Lipinski definition) is 3. The molecule has 2 nitrogen and oxygen atoms in total. The Labute approximate surface area is 194 Å². The second-order valence-corrected chi connectivity index (χ2v) is 8.44. The summed E-state index contributed by atoms with van der Waals surface area (Å²) in [6.07, 6.45) is 7.30. The zero-order valence-corrected chi connectivity index (χ0v) is 19.4. The second-order valence-electron chi connectivity index (χ2n) is 7.29. The topological polar surface area (TPSA) is 26.3 Å². The van der Waals surface area contributed by atoms with Crippen molar-refractivity contribution in [3.8, 4) is 29.4 Å². The summed E-state index contributed by atoms with van der Waals surface area (Å²) < 4.78 is 34.2. The van der Waals surface area contributed by atoms with Crippen molar-refractivity contribution in [1.82, 2.24) is 0 Å². The van der Waals surface area contributed by atoms with Crippen molar-refractivity contribution < 1.29 is 18.3 Å². The number of ether oxygens (including phenoxy) is 1. The molecule has 2 aromatic carbocycles. The van der Waals surface area contributed by atoms with Gasteiger partial charge in [0, 0.05) is 18.1 Å². The molecule has 0 saturated heterocycles. The van der Waals surface area contributed by atoms with Crippen LogP contribution in [0, 0.1) is 35.3 Å². The largest absolute Gasteiger partial charge is 0.494 e. The molecule has 0 aliphatic rings. The first-order chi connectivity index (χ1) is 15.5. The van der Waals surface area contributed by atoms with Gasteiger partial charge < -0.3 is 4.74 Å². The van der Waals surface area contributed by atoms with Gasteiger partial charge in [-0.25, -0.2) is 8.78 Å². The van der Waals surface area contributed by atoms with Gasteiger partial charge in [-0.15, -0.1) is 0 Å². The monoisotopic (exact) mass is 454 g/mol. The molecular weight excluding hydrogens is 426 g/mol. The van der Waals surface area contributed by atoms with Gasteiger partial charge in [-0.2, -0.15) is 0 Å². The van der Waals surface area contributed by atoms with E-state index in [0.29, 0.717) is 6.61 Å². The summed E-state index contributed by atoms with van der Waals surface area (Å²) >= 11 is 0.992. The van der Waals surface area contributed by atoms with Gasteiger partial charge in [0.1, 0.15) is 17.4 Å². The van der Waals surface area contributed by atoms with Gasteiger partial charge in [-0.05, 0) is 42.8 Å². The average molecular weight is 455 g/mol. The number of thioether (sulfide) groups is 1. The van der Waals surface area contributed by atoms with E-state index in [9.17, 15) is 13.6 Å². The Hall–Kier alpha value is -2.76. The van der Waals surface area contributed by atoms with Gasteiger partial charge in [0.2, 0.25) is 0 Å². The lowest BCUT2D eigenvalue weighted by molar-refractivity contribution is -0.109. The van der Waals surface area contributed by atoms with Crippen LogP contribution >= 0.6 is 11.8 Å². The Bertz CT molecular complexity index is 985. The molecule has 0 fully saturated rings. The average Bonchev–Trinajstić information content (AvgIpc) is 2.76. The molecule has 2 aromatic rings. The van der Waals surface area contributed by atoms with E-state index in [1.807, 2.05) is 24.3 Å². The lowest BCUT2D eigenvalue weighted by atomic mass is 10.1. The molecule has 168 valence electrons. The Morgan fingerprint density at radius 3 is 2.19 bits per heavy atom. The van der Waals surface area contributed by atoms with Gasteiger partial charge in [-0.1, -0.05) is 74.5 Å². The molecule has 0 amide bonds. The van der Waals surface area contributed by atoms with Crippen LogP contribution in [0.4, 0.5) is 8.78 Å². The summed E-state index contributed by atoms with van der Waals surface area (Å²) in [6.45, 7) is 4.32. The van der Waals surface area contributed by atoms with Gasteiger partial charge in [0.15, 0.2) is 5.12 Å². The fourth-order valence-corrected chi connectivity index (χ4v) is 3.23. The summed E-state index contributed by atoms with van der Waals surface area (Å²) in [5.74, 6) is 10.2. The predicted octanol–water partition coefficient (Wildman–Crippen LogP) is 6.74. The van der Waals surface area contributed by atoms with Crippen LogP contribution in [0.25, 0.3) is 0 Å². The van der Waals surface area contributed by atoms with Crippen LogP contribution in [0.2, 0.25) is 0 Å². The highest BCUT2D eigenvalue weighted by molar-refractivity contribution is 8.13. The van der Waals surface area contributed by atoms with Crippen molar-refractivity contribution in [3.63, 3.8) is 0 Å². The number of hydrogen-bond donors (Lipinski definition) is 0. The standard InChI is InChI=1S/C27H28F2O2S/c1-3-4-5-6-7-8-17-31-24-15-13-22(14-16-24)11-12-23-19-26(28)25(27(29)20-23)10-9-18-32-21(2)30/h13-16,19-20H,3-8,17-18H2,1-2H3. The molecule has 0 heterocycles. The lowest BCUT2D eigenvalue weighted by Crippen LogP contribution is -1.97. The summed E-state index contributed by atoms with van der Waals surface area (Å²) in [5, 5.41) is -0.0942. The van der Waals surface area contributed by atoms with Gasteiger partial charge in [0.25, 0.3) is 0 Å². The van der Waals surface area contributed by atoms with Crippen LogP contribution in [0.5, 0.6) is 5.75 Å². The zero-order valence-electron chi connectivity index (χ0n) is 18.6. The molecule has 32 heavy (non-hydrogen) atoms. The maximum Gasteiger partial charge on any atom is 0.186 e. The first kappa shape index (κ1) is 25.5. The Morgan fingerprint density at radius 2 is 1.53 bits per heavy atom. The first-order valence-corrected chi connectivity index (χ1v) is 11.8. The third kappa shape index (κ3) is 9.58. The van der Waals surface area contributed by atoms with Crippen molar-refractivity contribution in [3.05, 3.63) is 64.7 Å². The third-order valence-corrected chi connectivity index (χ3v) is 5.27. The van der Waals surface area contributed by atoms with E-state index < -0.39 is 11.6 Å². The van der Waals surface area contributed by atoms with E-state index in [1.165, 1.54) is 39.0 Å². The fourth-order valence-electron chi connectivity index (χ4n) is 2.88. The highest BCUT2D eigenvalue weighted by Crippen LogP contribution is 2.16. The number of carbonyl (C=O) groups excluding carboxylic acids is 1. The minimum absolute atomic E-state index is 0.0942. The van der Waals surface area contributed by atoms with Crippen LogP contribution in [-0.2, 0) is 4.79 Å². The molecule has 0 atom stereocenters. The fraction of sp³-hybridized carbons (Fsp3) is 0.370. The van der Waals surface area contributed by atoms with Crippen LogP contribution in [0.3, 0.4) is 0 Å². The summed E-state index contributed by atoms with van der Waals surface area (Å²) in [7, 11) is 0. The van der Waals surface area contributed by atoms with Crippen molar-refractivity contribution >= 4 is 16.9 Å². The third-order valence-electron chi connectivity index (χ3n) is 4.58. The molecule has 0 saturated carbocycles. The number of carbonyl (C=O) groups is 1. The quantitative estimate of drug-likeness (QED) is 0.310. The Balaban J connectivity index is 1.90. The minimum Gasteiger partial charge on any atom is -0.494 e. The normalized spacial score (nSPS) is 10.0. The summed E-state index contributed by atoms with van der Waals surface area (Å²) in [6, 6.07) is 9.66. The van der Waals surface area contributed by atoms with Crippen LogP contribution in [-0.4, -0.2) is 17.5 Å². The second kappa shape index (κ2) is 14.3. The molecule has 0 spiro atoms. The molecule has 0 unspecified atom stereocenters. The summed E-state index contributed by atoms with van der Waals surface area (Å²) in [4.78, 5) is 10.9. The molecule has 0 aliphatic carbocycles. The molecule has 0 aromatic heterocycles. The predicted molar refractivity (Wildman–Crippen MR) is 128 cm³/mol. The molecule has 2 rings (SSSR count). The minimum atomic E-state index is -0.770. The molecule has 0 radical (unpaired) electrons. The van der Waals surface area contributed by atoms with Crippen LogP contribution in [0.15, 0.2) is 36.4 Å². The van der Waals surface area contributed by atoms with Crippen molar-refractivity contribution in [1.29, 1.82) is 0 Å². The molecule has 0 bridgehead atoms. The Kier molecular flexibility index (Phi) is 11.4. The molecule has 5 heteroatoms. The van der Waals surface area contributed by atoms with Crippen molar-refractivity contribution in [2.45, 2.75) is 52.4 Å². The van der Waals surface area contributed by atoms with Crippen molar-refractivity contribution in [2.24, 2.45) is 0 Å². The maximum absolute atomic E-state index is 14.2. The van der Waals surface area contributed by atoms with Gasteiger partial charge >= 0.3 is 0 Å². The first-order valence-electron chi connectivity index (χ1n) is 10.9. The highest BCUT2D eigenvalue weighted by atomic mass is 32.2. The Morgan fingerprint density at radius 1 is 0.906 bits per heavy atom. The molecular formula is C27H28F2O2S. The van der Waals surface area contributed by atoms with Gasteiger partial charge in [-0.3, -0.25) is 4.79 Å². The molecule has 0 N–H and O–H groups in total. The van der Waals surface area contributed by atoms with E-state index >= 15 is 0 Å². The van der Waals surface area contributed by atoms with E-state index in [1.54, 1.807) is 0 Å². The molecule has 0 aliphatic heterocycles. The SMILES string of the molecule is CCCCCCCCOc1ccc(C#Cc2cc(F)c(C#CCSC(C)=O)c(F)c2)cc1. The van der Waals surface area contributed by atoms with Crippen LogP contribution < -0.4 is 4.74 Å². The van der Waals surface area contributed by atoms with Gasteiger partial charge in [0.05, 0.1) is 17.9 Å². The van der Waals surface area contributed by atoms with E-state index in [4.69, 9.17) is 4.74 Å². The smallest absolute Gasteiger partial charge is 0.186 e. The summed E-state index contributed by atoms with van der Waals surface area (Å²) in [5.41, 5.74) is 0.640. The van der Waals surface area contributed by atoms with E-state index in [0.717, 1.165) is 41.6 Å². The van der Waals surface area contributed by atoms with E-state index in [-0.39, 0.29) is 22.0 Å². The van der Waals surface area contributed by atoms with E-state index in [2.05, 4.69) is 30.6 Å². The zero-order chi connectivity index (χ0) is 23.2. The highest BCUT2D eigenvalue weighted by Gasteiger charge is 2.08. The van der Waals surface area contributed by atoms with Crippen molar-refractivity contribution in [2.75, 3.05) is 12.4 Å². The number of benzene rings is 2. The number of unbranched alkanes of at least 4 members (excludes halogenated alkanes) is 5. The maximum atomic E-state index is 14.2.